The molecular weight excluding hydrogens is 632 g/mol. The van der Waals surface area contributed by atoms with Gasteiger partial charge in [-0.05, 0) is 50.2 Å². The summed E-state index contributed by atoms with van der Waals surface area (Å²) in [5.41, 5.74) is -0.283. The topological polar surface area (TPSA) is 126 Å². The van der Waals surface area contributed by atoms with Crippen molar-refractivity contribution in [2.75, 3.05) is 45.9 Å². The second kappa shape index (κ2) is 13.0. The lowest BCUT2D eigenvalue weighted by atomic mass is 10.0. The van der Waals surface area contributed by atoms with Gasteiger partial charge in [-0.25, -0.2) is 17.8 Å². The maximum absolute atomic E-state index is 15.2. The van der Waals surface area contributed by atoms with E-state index in [0.717, 1.165) is 29.7 Å². The fourth-order valence-electron chi connectivity index (χ4n) is 5.66. The summed E-state index contributed by atoms with van der Waals surface area (Å²) < 4.78 is 94.6. The number of piperidine rings is 1. The summed E-state index contributed by atoms with van der Waals surface area (Å²) in [5, 5.41) is 5.49. The molecule has 1 amide bonds. The highest BCUT2D eigenvalue weighted by Gasteiger charge is 2.43. The number of fused-ring (bicyclic) bond motifs is 1. The Morgan fingerprint density at radius 3 is 2.50 bits per heavy atom. The highest BCUT2D eigenvalue weighted by atomic mass is 32.2. The molecule has 2 aromatic carbocycles. The van der Waals surface area contributed by atoms with Crippen molar-refractivity contribution in [2.45, 2.75) is 43.6 Å². The number of amides is 1. The van der Waals surface area contributed by atoms with Crippen LogP contribution in [0, 0.1) is 5.82 Å². The Morgan fingerprint density at radius 1 is 1.15 bits per heavy atom. The van der Waals surface area contributed by atoms with E-state index in [1.54, 1.807) is 24.3 Å². The lowest BCUT2D eigenvalue weighted by molar-refractivity contribution is -0.140. The predicted molar refractivity (Wildman–Crippen MR) is 161 cm³/mol. The minimum atomic E-state index is -4.91. The number of methoxy groups -OCH3 is 1. The van der Waals surface area contributed by atoms with E-state index in [4.69, 9.17) is 9.47 Å². The normalized spacial score (nSPS) is 19.2. The minimum Gasteiger partial charge on any atom is -0.495 e. The van der Waals surface area contributed by atoms with Crippen LogP contribution in [0.3, 0.4) is 0 Å². The van der Waals surface area contributed by atoms with Crippen LogP contribution in [-0.4, -0.2) is 86.2 Å². The van der Waals surface area contributed by atoms with E-state index in [2.05, 4.69) is 25.5 Å². The Kier molecular flexibility index (Phi) is 9.42. The molecular formula is C30H34F4N6O5S. The van der Waals surface area contributed by atoms with Crippen molar-refractivity contribution < 1.29 is 40.2 Å². The van der Waals surface area contributed by atoms with Crippen LogP contribution in [0.5, 0.6) is 11.6 Å². The second-order valence-electron chi connectivity index (χ2n) is 11.4. The fourth-order valence-corrected chi connectivity index (χ4v) is 6.33. The molecule has 0 unspecified atom stereocenters. The molecule has 1 aromatic heterocycles. The van der Waals surface area contributed by atoms with E-state index >= 15 is 4.39 Å². The maximum atomic E-state index is 15.2. The molecule has 1 aliphatic carbocycles. The standard InChI is InChI=1S/C30H34F4N6O5S/c1-39-11-9-18(10-12-39)36-27(41)20-14-24(44-3)23(15-22(20)31)37-29-35-16-21(30(32,33)34)28(38-29)45-25-13-17-7-5-6-8-19(17)26(25)40(2)46(4,42)43/h5-8,14-16,18,25-26H,9-13H2,1-4H3,(H,36,41)(H,35,37,38)/t25-,26+/m1/s1. The number of likely N-dealkylation sites (N-methyl/N-ethyl adjacent to an activating group) is 1. The number of aromatic nitrogens is 2. The van der Waals surface area contributed by atoms with Crippen molar-refractivity contribution >= 4 is 27.6 Å². The number of hydrogen-bond acceptors (Lipinski definition) is 9. The summed E-state index contributed by atoms with van der Waals surface area (Å²) in [7, 11) is 0.826. The summed E-state index contributed by atoms with van der Waals surface area (Å²) in [6, 6.07) is 7.99. The molecule has 248 valence electrons. The van der Waals surface area contributed by atoms with Gasteiger partial charge < -0.3 is 25.0 Å². The van der Waals surface area contributed by atoms with Crippen LogP contribution < -0.4 is 20.1 Å². The third-order valence-electron chi connectivity index (χ3n) is 8.22. The molecule has 1 fully saturated rings. The number of nitrogens with one attached hydrogen (secondary N) is 2. The van der Waals surface area contributed by atoms with Crippen LogP contribution >= 0.6 is 0 Å². The van der Waals surface area contributed by atoms with Gasteiger partial charge in [0.05, 0.1) is 30.7 Å². The molecule has 46 heavy (non-hydrogen) atoms. The first-order valence-electron chi connectivity index (χ1n) is 14.4. The number of anilines is 2. The van der Waals surface area contributed by atoms with Gasteiger partial charge >= 0.3 is 6.18 Å². The Balaban J connectivity index is 1.43. The van der Waals surface area contributed by atoms with Gasteiger partial charge in [-0.2, -0.15) is 22.5 Å². The molecule has 1 aliphatic heterocycles. The molecule has 2 heterocycles. The number of halogens is 4. The van der Waals surface area contributed by atoms with Gasteiger partial charge in [0.2, 0.25) is 21.9 Å². The molecule has 2 N–H and O–H groups in total. The van der Waals surface area contributed by atoms with Crippen molar-refractivity contribution in [1.29, 1.82) is 0 Å². The lowest BCUT2D eigenvalue weighted by Gasteiger charge is -2.29. The zero-order valence-corrected chi connectivity index (χ0v) is 26.4. The molecule has 0 bridgehead atoms. The first kappa shape index (κ1) is 33.3. The number of benzene rings is 2. The predicted octanol–water partition coefficient (Wildman–Crippen LogP) is 4.15. The van der Waals surface area contributed by atoms with Crippen molar-refractivity contribution in [2.24, 2.45) is 0 Å². The van der Waals surface area contributed by atoms with E-state index in [-0.39, 0.29) is 35.4 Å². The number of hydrogen-bond donors (Lipinski definition) is 2. The zero-order valence-electron chi connectivity index (χ0n) is 25.6. The third-order valence-corrected chi connectivity index (χ3v) is 9.49. The number of carbonyl (C=O) groups is 1. The summed E-state index contributed by atoms with van der Waals surface area (Å²) in [6.07, 6.45) is -2.91. The number of carbonyl (C=O) groups excluding carboxylic acids is 1. The molecule has 0 saturated carbocycles. The number of likely N-dealkylation sites (tertiary alicyclic amines) is 1. The van der Waals surface area contributed by atoms with Gasteiger partial charge in [-0.1, -0.05) is 24.3 Å². The summed E-state index contributed by atoms with van der Waals surface area (Å²) in [5.74, 6) is -2.73. The third kappa shape index (κ3) is 7.18. The Labute approximate surface area is 264 Å². The SMILES string of the molecule is COc1cc(C(=O)NC2CCN(C)CC2)c(F)cc1Nc1ncc(C(F)(F)F)c(O[C@@H]2Cc3ccccc3[C@@H]2N(C)S(C)(=O)=O)n1. The Hall–Kier alpha value is -4.02. The average molecular weight is 667 g/mol. The maximum Gasteiger partial charge on any atom is 0.423 e. The molecule has 2 atom stereocenters. The smallest absolute Gasteiger partial charge is 0.423 e. The van der Waals surface area contributed by atoms with Crippen LogP contribution in [0.4, 0.5) is 29.2 Å². The van der Waals surface area contributed by atoms with Crippen molar-refractivity contribution in [3.05, 3.63) is 70.7 Å². The fraction of sp³-hybridized carbons (Fsp3) is 0.433. The number of sulfonamides is 1. The van der Waals surface area contributed by atoms with E-state index in [1.165, 1.54) is 20.2 Å². The largest absolute Gasteiger partial charge is 0.495 e. The summed E-state index contributed by atoms with van der Waals surface area (Å²) in [6.45, 7) is 1.59. The first-order valence-corrected chi connectivity index (χ1v) is 16.3. The average Bonchev–Trinajstić information content (AvgIpc) is 3.34. The van der Waals surface area contributed by atoms with E-state index in [0.29, 0.717) is 30.2 Å². The number of nitrogens with zero attached hydrogens (tertiary/aromatic N) is 4. The van der Waals surface area contributed by atoms with Gasteiger partial charge in [0, 0.05) is 31.8 Å². The molecule has 1 saturated heterocycles. The summed E-state index contributed by atoms with van der Waals surface area (Å²) >= 11 is 0. The number of alkyl halides is 3. The van der Waals surface area contributed by atoms with Crippen LogP contribution in [0.25, 0.3) is 0 Å². The second-order valence-corrected chi connectivity index (χ2v) is 13.4. The first-order chi connectivity index (χ1) is 21.7. The van der Waals surface area contributed by atoms with E-state index in [9.17, 15) is 26.4 Å². The van der Waals surface area contributed by atoms with E-state index < -0.39 is 51.5 Å². The van der Waals surface area contributed by atoms with Crippen molar-refractivity contribution in [3.63, 3.8) is 0 Å². The van der Waals surface area contributed by atoms with Crippen molar-refractivity contribution in [3.8, 4) is 11.6 Å². The zero-order chi connectivity index (χ0) is 33.4. The molecule has 2 aliphatic rings. The van der Waals surface area contributed by atoms with Crippen LogP contribution in [0.15, 0.2) is 42.6 Å². The monoisotopic (exact) mass is 666 g/mol. The minimum absolute atomic E-state index is 0.0157. The molecule has 0 spiro atoms. The van der Waals surface area contributed by atoms with E-state index in [1.807, 2.05) is 7.05 Å². The summed E-state index contributed by atoms with van der Waals surface area (Å²) in [4.78, 5) is 22.7. The molecule has 3 aromatic rings. The lowest BCUT2D eigenvalue weighted by Crippen LogP contribution is -2.43. The molecule has 0 radical (unpaired) electrons. The Morgan fingerprint density at radius 2 is 1.85 bits per heavy atom. The van der Waals surface area contributed by atoms with Gasteiger partial charge in [0.25, 0.3) is 5.91 Å². The van der Waals surface area contributed by atoms with Gasteiger partial charge in [-0.3, -0.25) is 4.79 Å². The highest BCUT2D eigenvalue weighted by molar-refractivity contribution is 7.88. The highest BCUT2D eigenvalue weighted by Crippen LogP contribution is 2.42. The van der Waals surface area contributed by atoms with Crippen molar-refractivity contribution in [1.82, 2.24) is 24.5 Å². The van der Waals surface area contributed by atoms with Crippen LogP contribution in [-0.2, 0) is 22.6 Å². The number of ether oxygens (including phenoxy) is 2. The Bertz CT molecular complexity index is 1720. The van der Waals surface area contributed by atoms with Gasteiger partial charge in [-0.15, -0.1) is 0 Å². The quantitative estimate of drug-likeness (QED) is 0.324. The van der Waals surface area contributed by atoms with Crippen LogP contribution in [0.2, 0.25) is 0 Å². The molecule has 11 nitrogen and oxygen atoms in total. The molecule has 5 rings (SSSR count). The van der Waals surface area contributed by atoms with Gasteiger partial charge in [0.1, 0.15) is 23.2 Å². The van der Waals surface area contributed by atoms with Crippen LogP contribution in [0.1, 0.15) is 45.9 Å². The molecule has 16 heteroatoms. The number of rotatable bonds is 9. The van der Waals surface area contributed by atoms with Gasteiger partial charge in [0.15, 0.2) is 0 Å².